The first-order valence-electron chi connectivity index (χ1n) is 9.20. The van der Waals surface area contributed by atoms with Crippen LogP contribution in [0.5, 0.6) is 5.75 Å². The number of ether oxygens (including phenoxy) is 1. The standard InChI is InChI=1S/C20H31N5O/c1-16-7-8-18(15-19(16)26-4)9-11-24-20(21-3)23-10-5-6-13-25-14-12-22-17(25)2/h7-8,12,14-15H,5-6,9-11,13H2,1-4H3,(H2,21,23,24). The summed E-state index contributed by atoms with van der Waals surface area (Å²) in [5.74, 6) is 2.86. The molecule has 1 aromatic carbocycles. The Kier molecular flexibility index (Phi) is 7.99. The number of unbranched alkanes of at least 4 members (excludes halogenated alkanes) is 1. The molecule has 0 spiro atoms. The summed E-state index contributed by atoms with van der Waals surface area (Å²) in [7, 11) is 3.52. The molecule has 142 valence electrons. The van der Waals surface area contributed by atoms with Gasteiger partial charge in [0.2, 0.25) is 0 Å². The number of aryl methyl sites for hydroxylation is 3. The van der Waals surface area contributed by atoms with Gasteiger partial charge in [0.1, 0.15) is 11.6 Å². The van der Waals surface area contributed by atoms with E-state index >= 15 is 0 Å². The third kappa shape index (κ3) is 6.10. The third-order valence-corrected chi connectivity index (χ3v) is 4.44. The summed E-state index contributed by atoms with van der Waals surface area (Å²) in [6.07, 6.45) is 7.02. The van der Waals surface area contributed by atoms with Crippen molar-refractivity contribution in [3.05, 3.63) is 47.5 Å². The average molecular weight is 358 g/mol. The van der Waals surface area contributed by atoms with Crippen LogP contribution in [-0.2, 0) is 13.0 Å². The summed E-state index contributed by atoms with van der Waals surface area (Å²) in [6, 6.07) is 6.35. The minimum atomic E-state index is 0.833. The van der Waals surface area contributed by atoms with Gasteiger partial charge >= 0.3 is 0 Å². The Balaban J connectivity index is 1.64. The fourth-order valence-corrected chi connectivity index (χ4v) is 2.82. The van der Waals surface area contributed by atoms with Crippen molar-refractivity contribution in [1.29, 1.82) is 0 Å². The number of aromatic nitrogens is 2. The van der Waals surface area contributed by atoms with Crippen molar-refractivity contribution in [1.82, 2.24) is 20.2 Å². The predicted molar refractivity (Wildman–Crippen MR) is 107 cm³/mol. The number of guanidine groups is 1. The molecule has 6 nitrogen and oxygen atoms in total. The number of imidazole rings is 1. The molecule has 1 heterocycles. The van der Waals surface area contributed by atoms with Gasteiger partial charge in [-0.25, -0.2) is 4.98 Å². The lowest BCUT2D eigenvalue weighted by Crippen LogP contribution is -2.38. The molecule has 0 aliphatic carbocycles. The van der Waals surface area contributed by atoms with Crippen LogP contribution in [0.3, 0.4) is 0 Å². The Morgan fingerprint density at radius 1 is 1.19 bits per heavy atom. The zero-order valence-corrected chi connectivity index (χ0v) is 16.4. The number of hydrogen-bond acceptors (Lipinski definition) is 3. The maximum absolute atomic E-state index is 5.38. The van der Waals surface area contributed by atoms with Crippen molar-refractivity contribution in [2.24, 2.45) is 4.99 Å². The Labute approximate surface area is 156 Å². The molecule has 2 aromatic rings. The number of aliphatic imine (C=N–C) groups is 1. The van der Waals surface area contributed by atoms with Gasteiger partial charge in [0.05, 0.1) is 7.11 Å². The molecule has 2 N–H and O–H groups in total. The molecule has 0 aliphatic heterocycles. The molecule has 6 heteroatoms. The van der Waals surface area contributed by atoms with E-state index in [9.17, 15) is 0 Å². The van der Waals surface area contributed by atoms with Gasteiger partial charge in [0, 0.05) is 39.1 Å². The second-order valence-electron chi connectivity index (χ2n) is 6.35. The second kappa shape index (κ2) is 10.5. The summed E-state index contributed by atoms with van der Waals surface area (Å²) in [5, 5.41) is 6.74. The average Bonchev–Trinajstić information content (AvgIpc) is 3.06. The van der Waals surface area contributed by atoms with Gasteiger partial charge in [-0.05, 0) is 50.3 Å². The van der Waals surface area contributed by atoms with E-state index in [0.29, 0.717) is 0 Å². The summed E-state index contributed by atoms with van der Waals surface area (Å²) in [6.45, 7) is 6.84. The number of benzene rings is 1. The van der Waals surface area contributed by atoms with E-state index in [1.165, 1.54) is 5.56 Å². The summed E-state index contributed by atoms with van der Waals surface area (Å²) in [5.41, 5.74) is 2.42. The first-order valence-corrected chi connectivity index (χ1v) is 9.20. The van der Waals surface area contributed by atoms with Crippen LogP contribution in [0.15, 0.2) is 35.6 Å². The van der Waals surface area contributed by atoms with E-state index in [4.69, 9.17) is 4.74 Å². The molecule has 0 bridgehead atoms. The highest BCUT2D eigenvalue weighted by Crippen LogP contribution is 2.18. The molecular weight excluding hydrogens is 326 g/mol. The van der Waals surface area contributed by atoms with E-state index in [1.54, 1.807) is 14.2 Å². The van der Waals surface area contributed by atoms with Crippen LogP contribution < -0.4 is 15.4 Å². The zero-order valence-electron chi connectivity index (χ0n) is 16.4. The molecule has 0 amide bonds. The topological polar surface area (TPSA) is 63.5 Å². The minimum absolute atomic E-state index is 0.833. The van der Waals surface area contributed by atoms with Crippen molar-refractivity contribution in [3.63, 3.8) is 0 Å². The number of nitrogens with one attached hydrogen (secondary N) is 2. The summed E-state index contributed by atoms with van der Waals surface area (Å²) in [4.78, 5) is 8.52. The van der Waals surface area contributed by atoms with Crippen LogP contribution in [0.2, 0.25) is 0 Å². The van der Waals surface area contributed by atoms with Crippen molar-refractivity contribution in [2.45, 2.75) is 39.7 Å². The highest BCUT2D eigenvalue weighted by Gasteiger charge is 2.02. The van der Waals surface area contributed by atoms with Gasteiger partial charge in [-0.2, -0.15) is 0 Å². The maximum atomic E-state index is 5.38. The van der Waals surface area contributed by atoms with Crippen LogP contribution in [0.1, 0.15) is 29.8 Å². The maximum Gasteiger partial charge on any atom is 0.190 e. The Morgan fingerprint density at radius 3 is 2.69 bits per heavy atom. The Morgan fingerprint density at radius 2 is 2.00 bits per heavy atom. The molecule has 0 saturated carbocycles. The second-order valence-corrected chi connectivity index (χ2v) is 6.35. The lowest BCUT2D eigenvalue weighted by atomic mass is 10.1. The van der Waals surface area contributed by atoms with Crippen LogP contribution in [-0.4, -0.2) is 42.8 Å². The van der Waals surface area contributed by atoms with Crippen LogP contribution >= 0.6 is 0 Å². The van der Waals surface area contributed by atoms with E-state index in [2.05, 4.69) is 50.3 Å². The molecule has 0 saturated heterocycles. The van der Waals surface area contributed by atoms with Crippen molar-refractivity contribution in [3.8, 4) is 5.75 Å². The van der Waals surface area contributed by atoms with Crippen LogP contribution in [0.4, 0.5) is 0 Å². The molecule has 2 rings (SSSR count). The minimum Gasteiger partial charge on any atom is -0.496 e. The molecule has 0 unspecified atom stereocenters. The van der Waals surface area contributed by atoms with Gasteiger partial charge in [-0.3, -0.25) is 4.99 Å². The van der Waals surface area contributed by atoms with E-state index < -0.39 is 0 Å². The van der Waals surface area contributed by atoms with Gasteiger partial charge < -0.3 is 19.9 Å². The van der Waals surface area contributed by atoms with Gasteiger partial charge in [0.25, 0.3) is 0 Å². The normalized spacial score (nSPS) is 11.5. The molecular formula is C20H31N5O. The quantitative estimate of drug-likeness (QED) is 0.411. The van der Waals surface area contributed by atoms with E-state index in [0.717, 1.165) is 62.0 Å². The highest BCUT2D eigenvalue weighted by molar-refractivity contribution is 5.79. The lowest BCUT2D eigenvalue weighted by molar-refractivity contribution is 0.411. The fourth-order valence-electron chi connectivity index (χ4n) is 2.82. The van der Waals surface area contributed by atoms with Crippen molar-refractivity contribution < 1.29 is 4.74 Å². The first-order chi connectivity index (χ1) is 12.6. The molecule has 26 heavy (non-hydrogen) atoms. The van der Waals surface area contributed by atoms with Gasteiger partial charge in [-0.1, -0.05) is 12.1 Å². The molecule has 0 radical (unpaired) electrons. The summed E-state index contributed by atoms with van der Waals surface area (Å²) >= 11 is 0. The highest BCUT2D eigenvalue weighted by atomic mass is 16.5. The predicted octanol–water partition coefficient (Wildman–Crippen LogP) is 2.70. The third-order valence-electron chi connectivity index (χ3n) is 4.44. The Hall–Kier alpha value is -2.50. The smallest absolute Gasteiger partial charge is 0.190 e. The van der Waals surface area contributed by atoms with Crippen molar-refractivity contribution >= 4 is 5.96 Å². The van der Waals surface area contributed by atoms with Crippen LogP contribution in [0, 0.1) is 13.8 Å². The lowest BCUT2D eigenvalue weighted by Gasteiger charge is -2.13. The molecule has 0 aliphatic rings. The van der Waals surface area contributed by atoms with E-state index in [-0.39, 0.29) is 0 Å². The van der Waals surface area contributed by atoms with Gasteiger partial charge in [-0.15, -0.1) is 0 Å². The zero-order chi connectivity index (χ0) is 18.8. The van der Waals surface area contributed by atoms with Gasteiger partial charge in [0.15, 0.2) is 5.96 Å². The SMILES string of the molecule is CN=C(NCCCCn1ccnc1C)NCCc1ccc(C)c(OC)c1. The van der Waals surface area contributed by atoms with E-state index in [1.807, 2.05) is 19.3 Å². The molecule has 1 aromatic heterocycles. The number of nitrogens with zero attached hydrogens (tertiary/aromatic N) is 3. The number of hydrogen-bond donors (Lipinski definition) is 2. The monoisotopic (exact) mass is 357 g/mol. The molecule has 0 atom stereocenters. The van der Waals surface area contributed by atoms with Crippen LogP contribution in [0.25, 0.3) is 0 Å². The number of rotatable bonds is 9. The summed E-state index contributed by atoms with van der Waals surface area (Å²) < 4.78 is 7.57. The first kappa shape index (κ1) is 19.8. The Bertz CT molecular complexity index is 708. The fraction of sp³-hybridized carbons (Fsp3) is 0.500. The van der Waals surface area contributed by atoms with Crippen molar-refractivity contribution in [2.75, 3.05) is 27.2 Å². The largest absolute Gasteiger partial charge is 0.496 e. The molecule has 0 fully saturated rings. The number of methoxy groups -OCH3 is 1.